The summed E-state index contributed by atoms with van der Waals surface area (Å²) < 4.78 is 4.91. The highest BCUT2D eigenvalue weighted by Gasteiger charge is 2.27. The first kappa shape index (κ1) is 17.2. The van der Waals surface area contributed by atoms with E-state index in [2.05, 4.69) is 20.6 Å². The summed E-state index contributed by atoms with van der Waals surface area (Å²) in [6, 6.07) is 0.237. The Hall–Kier alpha value is -2.25. The zero-order valence-electron chi connectivity index (χ0n) is 15.3. The minimum absolute atomic E-state index is 0.129. The van der Waals surface area contributed by atoms with Crippen LogP contribution in [0.1, 0.15) is 74.0 Å². The number of nitrogens with zero attached hydrogens (tertiary/aromatic N) is 6. The molecule has 3 heterocycles. The van der Waals surface area contributed by atoms with Gasteiger partial charge in [-0.1, -0.05) is 24.4 Å². The van der Waals surface area contributed by atoms with E-state index in [0.717, 1.165) is 43.0 Å². The Bertz CT molecular complexity index is 740. The van der Waals surface area contributed by atoms with Gasteiger partial charge in [0.1, 0.15) is 6.26 Å². The van der Waals surface area contributed by atoms with Gasteiger partial charge in [-0.25, -0.2) is 0 Å². The monoisotopic (exact) mass is 358 g/mol. The maximum Gasteiger partial charge on any atom is 0.227 e. The van der Waals surface area contributed by atoms with Crippen LogP contribution in [-0.4, -0.2) is 49.3 Å². The molecule has 1 aliphatic carbocycles. The third-order valence-corrected chi connectivity index (χ3v) is 5.75. The minimum Gasteiger partial charge on any atom is -0.364 e. The molecule has 0 atom stereocenters. The summed E-state index contributed by atoms with van der Waals surface area (Å²) in [5.41, 5.74) is 1.66. The van der Waals surface area contributed by atoms with Crippen molar-refractivity contribution >= 4 is 5.91 Å². The van der Waals surface area contributed by atoms with Crippen LogP contribution in [0.2, 0.25) is 0 Å². The van der Waals surface area contributed by atoms with E-state index in [4.69, 9.17) is 4.52 Å². The van der Waals surface area contributed by atoms with Crippen molar-refractivity contribution in [2.45, 2.75) is 70.3 Å². The lowest BCUT2D eigenvalue weighted by Crippen LogP contribution is -2.40. The van der Waals surface area contributed by atoms with E-state index in [1.807, 2.05) is 11.8 Å². The SMILES string of the molecule is Cc1nocc1CC(=O)N1CCC(n2nnc(C3CCCCC3)n2)CC1. The number of piperidine rings is 1. The van der Waals surface area contributed by atoms with Gasteiger partial charge in [0.05, 0.1) is 18.2 Å². The first-order chi connectivity index (χ1) is 12.7. The molecule has 8 nitrogen and oxygen atoms in total. The van der Waals surface area contributed by atoms with Gasteiger partial charge in [-0.05, 0) is 37.8 Å². The quantitative estimate of drug-likeness (QED) is 0.834. The van der Waals surface area contributed by atoms with Gasteiger partial charge in [-0.15, -0.1) is 10.2 Å². The zero-order chi connectivity index (χ0) is 17.9. The molecule has 0 aromatic carbocycles. The summed E-state index contributed by atoms with van der Waals surface area (Å²) in [4.78, 5) is 16.2. The summed E-state index contributed by atoms with van der Waals surface area (Å²) in [7, 11) is 0. The molecular weight excluding hydrogens is 332 g/mol. The lowest BCUT2D eigenvalue weighted by molar-refractivity contribution is -0.131. The van der Waals surface area contributed by atoms with Gasteiger partial charge in [-0.2, -0.15) is 4.80 Å². The van der Waals surface area contributed by atoms with E-state index in [1.165, 1.54) is 32.1 Å². The topological polar surface area (TPSA) is 89.9 Å². The van der Waals surface area contributed by atoms with Gasteiger partial charge in [-0.3, -0.25) is 4.79 Å². The highest BCUT2D eigenvalue weighted by atomic mass is 16.5. The van der Waals surface area contributed by atoms with Crippen molar-refractivity contribution in [1.82, 2.24) is 30.3 Å². The highest BCUT2D eigenvalue weighted by Crippen LogP contribution is 2.31. The molecule has 1 saturated heterocycles. The van der Waals surface area contributed by atoms with Crippen molar-refractivity contribution in [3.8, 4) is 0 Å². The molecule has 2 fully saturated rings. The number of carbonyl (C=O) groups is 1. The van der Waals surface area contributed by atoms with Crippen LogP contribution >= 0.6 is 0 Å². The van der Waals surface area contributed by atoms with E-state index in [1.54, 1.807) is 11.1 Å². The van der Waals surface area contributed by atoms with Crippen LogP contribution in [0.5, 0.6) is 0 Å². The predicted octanol–water partition coefficient (Wildman–Crippen LogP) is 2.42. The Labute approximate surface area is 152 Å². The third kappa shape index (κ3) is 3.64. The first-order valence-electron chi connectivity index (χ1n) is 9.67. The van der Waals surface area contributed by atoms with Crippen molar-refractivity contribution in [1.29, 1.82) is 0 Å². The summed E-state index contributed by atoms with van der Waals surface area (Å²) in [6.07, 6.45) is 9.88. The molecule has 8 heteroatoms. The number of tetrazole rings is 1. The van der Waals surface area contributed by atoms with Crippen LogP contribution in [-0.2, 0) is 11.2 Å². The molecule has 0 spiro atoms. The lowest BCUT2D eigenvalue weighted by atomic mass is 9.89. The van der Waals surface area contributed by atoms with E-state index in [9.17, 15) is 4.79 Å². The van der Waals surface area contributed by atoms with Gasteiger partial charge in [0.2, 0.25) is 5.91 Å². The second kappa shape index (κ2) is 7.55. The smallest absolute Gasteiger partial charge is 0.227 e. The van der Waals surface area contributed by atoms with E-state index >= 15 is 0 Å². The number of carbonyl (C=O) groups excluding carboxylic acids is 1. The lowest BCUT2D eigenvalue weighted by Gasteiger charge is -2.31. The van der Waals surface area contributed by atoms with Crippen LogP contribution in [0.3, 0.4) is 0 Å². The fourth-order valence-corrected chi connectivity index (χ4v) is 4.02. The minimum atomic E-state index is 0.129. The molecule has 140 valence electrons. The Morgan fingerprint density at radius 2 is 1.96 bits per heavy atom. The van der Waals surface area contributed by atoms with E-state index in [-0.39, 0.29) is 11.9 Å². The second-order valence-corrected chi connectivity index (χ2v) is 7.52. The number of aromatic nitrogens is 5. The Kier molecular flexibility index (Phi) is 4.99. The molecular formula is C18H26N6O2. The molecule has 1 saturated carbocycles. The second-order valence-electron chi connectivity index (χ2n) is 7.52. The van der Waals surface area contributed by atoms with E-state index < -0.39 is 0 Å². The third-order valence-electron chi connectivity index (χ3n) is 5.75. The molecule has 2 aliphatic rings. The van der Waals surface area contributed by atoms with Crippen molar-refractivity contribution in [2.75, 3.05) is 13.1 Å². The van der Waals surface area contributed by atoms with Crippen LogP contribution in [0, 0.1) is 6.92 Å². The standard InChI is InChI=1S/C18H26N6O2/c1-13-15(12-26-21-13)11-17(25)23-9-7-16(8-10-23)24-20-18(19-22-24)14-5-3-2-4-6-14/h12,14,16H,2-11H2,1H3. The predicted molar refractivity (Wildman–Crippen MR) is 93.4 cm³/mol. The molecule has 0 radical (unpaired) electrons. The van der Waals surface area contributed by atoms with Crippen LogP contribution in [0.15, 0.2) is 10.8 Å². The van der Waals surface area contributed by atoms with Crippen LogP contribution < -0.4 is 0 Å². The van der Waals surface area contributed by atoms with Gasteiger partial charge < -0.3 is 9.42 Å². The number of likely N-dealkylation sites (tertiary alicyclic amines) is 1. The van der Waals surface area contributed by atoms with Crippen LogP contribution in [0.25, 0.3) is 0 Å². The number of amides is 1. The largest absolute Gasteiger partial charge is 0.364 e. The summed E-state index contributed by atoms with van der Waals surface area (Å²) >= 11 is 0. The molecule has 1 amide bonds. The molecule has 2 aromatic heterocycles. The number of hydrogen-bond donors (Lipinski definition) is 0. The molecule has 0 bridgehead atoms. The average molecular weight is 358 g/mol. The van der Waals surface area contributed by atoms with Crippen molar-refractivity contribution in [3.05, 3.63) is 23.3 Å². The molecule has 0 N–H and O–H groups in total. The zero-order valence-corrected chi connectivity index (χ0v) is 15.3. The van der Waals surface area contributed by atoms with E-state index in [0.29, 0.717) is 12.3 Å². The summed E-state index contributed by atoms with van der Waals surface area (Å²) in [5, 5.41) is 17.1. The molecule has 2 aromatic rings. The normalized spacial score (nSPS) is 19.8. The summed E-state index contributed by atoms with van der Waals surface area (Å²) in [6.45, 7) is 3.32. The maximum absolute atomic E-state index is 12.5. The Balaban J connectivity index is 1.31. The maximum atomic E-state index is 12.5. The summed E-state index contributed by atoms with van der Waals surface area (Å²) in [5.74, 6) is 1.52. The first-order valence-corrected chi connectivity index (χ1v) is 9.67. The fourth-order valence-electron chi connectivity index (χ4n) is 4.02. The fraction of sp³-hybridized carbons (Fsp3) is 0.722. The number of rotatable bonds is 4. The van der Waals surface area contributed by atoms with Crippen molar-refractivity contribution in [2.24, 2.45) is 0 Å². The molecule has 4 rings (SSSR count). The van der Waals surface area contributed by atoms with Crippen molar-refractivity contribution in [3.63, 3.8) is 0 Å². The average Bonchev–Trinajstić information content (AvgIpc) is 3.32. The van der Waals surface area contributed by atoms with Gasteiger partial charge in [0.25, 0.3) is 0 Å². The molecule has 0 unspecified atom stereocenters. The number of hydrogen-bond acceptors (Lipinski definition) is 6. The Morgan fingerprint density at radius 3 is 2.65 bits per heavy atom. The van der Waals surface area contributed by atoms with Crippen molar-refractivity contribution < 1.29 is 9.32 Å². The highest BCUT2D eigenvalue weighted by molar-refractivity contribution is 5.79. The number of aryl methyl sites for hydroxylation is 1. The van der Waals surface area contributed by atoms with Gasteiger partial charge in [0.15, 0.2) is 5.82 Å². The van der Waals surface area contributed by atoms with Gasteiger partial charge in [0, 0.05) is 24.6 Å². The Morgan fingerprint density at radius 1 is 1.19 bits per heavy atom. The van der Waals surface area contributed by atoms with Crippen LogP contribution in [0.4, 0.5) is 0 Å². The molecule has 26 heavy (non-hydrogen) atoms. The molecule has 1 aliphatic heterocycles. The van der Waals surface area contributed by atoms with Gasteiger partial charge >= 0.3 is 0 Å².